The van der Waals surface area contributed by atoms with Crippen molar-refractivity contribution in [3.63, 3.8) is 0 Å². The highest BCUT2D eigenvalue weighted by atomic mass is 79.9. The molecule has 2 aromatic rings. The van der Waals surface area contributed by atoms with E-state index in [1.807, 2.05) is 13.8 Å². The molecule has 0 atom stereocenters. The van der Waals surface area contributed by atoms with Gasteiger partial charge in [-0.25, -0.2) is 9.48 Å². The Morgan fingerprint density at radius 1 is 1.56 bits per heavy atom. The smallest absolute Gasteiger partial charge is 0.358 e. The molecule has 0 radical (unpaired) electrons. The zero-order valence-corrected chi connectivity index (χ0v) is 11.5. The molecule has 2 aromatic heterocycles. The standard InChI is InChI=1S/C11H12BrN3O3/c1-6(2)5-15-10(7-3-4-8(12)18-7)9(11(16)17)13-14-15/h3-4,6H,5H2,1-2H3,(H,16,17). The third-order valence-electron chi connectivity index (χ3n) is 2.28. The van der Waals surface area contributed by atoms with Crippen molar-refractivity contribution in [2.24, 2.45) is 5.92 Å². The third-order valence-corrected chi connectivity index (χ3v) is 2.71. The van der Waals surface area contributed by atoms with Gasteiger partial charge in [0.05, 0.1) is 0 Å². The van der Waals surface area contributed by atoms with E-state index in [9.17, 15) is 4.79 Å². The lowest BCUT2D eigenvalue weighted by Crippen LogP contribution is -2.08. The lowest BCUT2D eigenvalue weighted by Gasteiger charge is -2.07. The Morgan fingerprint density at radius 2 is 2.28 bits per heavy atom. The topological polar surface area (TPSA) is 81.2 Å². The number of nitrogens with zero attached hydrogens (tertiary/aromatic N) is 3. The van der Waals surface area contributed by atoms with E-state index in [1.165, 1.54) is 0 Å². The Morgan fingerprint density at radius 3 is 2.78 bits per heavy atom. The minimum Gasteiger partial charge on any atom is -0.476 e. The van der Waals surface area contributed by atoms with E-state index in [0.29, 0.717) is 28.6 Å². The summed E-state index contributed by atoms with van der Waals surface area (Å²) < 4.78 is 7.48. The van der Waals surface area contributed by atoms with Crippen molar-refractivity contribution in [2.75, 3.05) is 0 Å². The summed E-state index contributed by atoms with van der Waals surface area (Å²) in [6, 6.07) is 3.39. The van der Waals surface area contributed by atoms with Crippen molar-refractivity contribution >= 4 is 21.9 Å². The number of carboxylic acids is 1. The van der Waals surface area contributed by atoms with Crippen LogP contribution >= 0.6 is 15.9 Å². The number of furan rings is 1. The van der Waals surface area contributed by atoms with E-state index >= 15 is 0 Å². The molecule has 1 N–H and O–H groups in total. The molecule has 0 spiro atoms. The highest BCUT2D eigenvalue weighted by Crippen LogP contribution is 2.27. The molecule has 6 nitrogen and oxygen atoms in total. The predicted octanol–water partition coefficient (Wildman–Crippen LogP) is 2.65. The van der Waals surface area contributed by atoms with Crippen LogP contribution in [0.2, 0.25) is 0 Å². The molecule has 0 amide bonds. The lowest BCUT2D eigenvalue weighted by atomic mass is 10.2. The van der Waals surface area contributed by atoms with Crippen LogP contribution in [0, 0.1) is 5.92 Å². The average Bonchev–Trinajstić information content (AvgIpc) is 2.83. The summed E-state index contributed by atoms with van der Waals surface area (Å²) in [6.07, 6.45) is 0. The second-order valence-corrected chi connectivity index (χ2v) is 5.05. The van der Waals surface area contributed by atoms with Crippen molar-refractivity contribution in [2.45, 2.75) is 20.4 Å². The summed E-state index contributed by atoms with van der Waals surface area (Å²) >= 11 is 3.19. The van der Waals surface area contributed by atoms with Crippen LogP contribution in [-0.2, 0) is 6.54 Å². The number of carbonyl (C=O) groups is 1. The Balaban J connectivity index is 2.53. The van der Waals surface area contributed by atoms with Crippen LogP contribution in [0.15, 0.2) is 21.2 Å². The maximum atomic E-state index is 11.1. The van der Waals surface area contributed by atoms with Gasteiger partial charge >= 0.3 is 5.97 Å². The monoisotopic (exact) mass is 313 g/mol. The summed E-state index contributed by atoms with van der Waals surface area (Å²) in [5, 5.41) is 16.7. The first-order valence-corrected chi connectivity index (χ1v) is 6.21. The quantitative estimate of drug-likeness (QED) is 0.938. The van der Waals surface area contributed by atoms with Gasteiger partial charge in [0.15, 0.2) is 10.4 Å². The molecule has 0 aliphatic carbocycles. The van der Waals surface area contributed by atoms with Gasteiger partial charge in [-0.3, -0.25) is 0 Å². The summed E-state index contributed by atoms with van der Waals surface area (Å²) in [4.78, 5) is 11.1. The molecule has 0 bridgehead atoms. The van der Waals surface area contributed by atoms with Crippen molar-refractivity contribution in [3.8, 4) is 11.5 Å². The normalized spacial score (nSPS) is 11.1. The first kappa shape index (κ1) is 12.8. The van der Waals surface area contributed by atoms with Gasteiger partial charge in [-0.15, -0.1) is 5.10 Å². The molecule has 0 unspecified atom stereocenters. The van der Waals surface area contributed by atoms with Gasteiger partial charge in [0.25, 0.3) is 0 Å². The molecule has 18 heavy (non-hydrogen) atoms. The first-order chi connectivity index (χ1) is 8.49. The summed E-state index contributed by atoms with van der Waals surface area (Å²) in [5.41, 5.74) is 0.291. The predicted molar refractivity (Wildman–Crippen MR) is 67.2 cm³/mol. The number of aromatic carboxylic acids is 1. The third kappa shape index (κ3) is 2.45. The second kappa shape index (κ2) is 4.93. The molecule has 0 fully saturated rings. The van der Waals surface area contributed by atoms with Crippen LogP contribution in [0.4, 0.5) is 0 Å². The number of rotatable bonds is 4. The molecular formula is C11H12BrN3O3. The van der Waals surface area contributed by atoms with Gasteiger partial charge in [-0.2, -0.15) is 0 Å². The van der Waals surface area contributed by atoms with Crippen LogP contribution in [0.1, 0.15) is 24.3 Å². The van der Waals surface area contributed by atoms with Crippen LogP contribution < -0.4 is 0 Å². The van der Waals surface area contributed by atoms with E-state index in [1.54, 1.807) is 16.8 Å². The largest absolute Gasteiger partial charge is 0.476 e. The molecular weight excluding hydrogens is 302 g/mol. The summed E-state index contributed by atoms with van der Waals surface area (Å²) in [7, 11) is 0. The Bertz CT molecular complexity index is 574. The number of halogens is 1. The highest BCUT2D eigenvalue weighted by molar-refractivity contribution is 9.10. The minimum absolute atomic E-state index is 0.0995. The number of hydrogen-bond acceptors (Lipinski definition) is 4. The molecule has 0 aliphatic heterocycles. The number of aromatic nitrogens is 3. The minimum atomic E-state index is -1.12. The zero-order valence-electron chi connectivity index (χ0n) is 9.92. The van der Waals surface area contributed by atoms with Crippen molar-refractivity contribution in [1.29, 1.82) is 0 Å². The van der Waals surface area contributed by atoms with Crippen LogP contribution in [0.5, 0.6) is 0 Å². The average molecular weight is 314 g/mol. The van der Waals surface area contributed by atoms with Gasteiger partial charge in [0, 0.05) is 6.54 Å². The van der Waals surface area contributed by atoms with Gasteiger partial charge in [0.1, 0.15) is 5.69 Å². The van der Waals surface area contributed by atoms with Crippen LogP contribution in [0.25, 0.3) is 11.5 Å². The molecule has 96 valence electrons. The van der Waals surface area contributed by atoms with E-state index in [4.69, 9.17) is 9.52 Å². The van der Waals surface area contributed by atoms with Crippen LogP contribution in [-0.4, -0.2) is 26.1 Å². The van der Waals surface area contributed by atoms with Gasteiger partial charge in [-0.1, -0.05) is 19.1 Å². The zero-order chi connectivity index (χ0) is 13.3. The second-order valence-electron chi connectivity index (χ2n) is 4.27. The van der Waals surface area contributed by atoms with Crippen molar-refractivity contribution in [1.82, 2.24) is 15.0 Å². The number of hydrogen-bond donors (Lipinski definition) is 1. The molecule has 2 heterocycles. The molecule has 0 saturated heterocycles. The van der Waals surface area contributed by atoms with Gasteiger partial charge in [0.2, 0.25) is 5.69 Å². The number of carboxylic acid groups (broad SMARTS) is 1. The van der Waals surface area contributed by atoms with E-state index in [0.717, 1.165) is 0 Å². The van der Waals surface area contributed by atoms with Crippen molar-refractivity contribution < 1.29 is 14.3 Å². The first-order valence-electron chi connectivity index (χ1n) is 5.41. The molecule has 0 aliphatic rings. The fourth-order valence-electron chi connectivity index (χ4n) is 1.62. The Labute approximate surface area is 112 Å². The summed E-state index contributed by atoms with van der Waals surface area (Å²) in [6.45, 7) is 4.61. The molecule has 7 heteroatoms. The Hall–Kier alpha value is -1.63. The lowest BCUT2D eigenvalue weighted by molar-refractivity contribution is 0.0691. The van der Waals surface area contributed by atoms with Crippen LogP contribution in [0.3, 0.4) is 0 Å². The molecule has 2 rings (SSSR count). The van der Waals surface area contributed by atoms with E-state index < -0.39 is 5.97 Å². The Kier molecular flexibility index (Phi) is 3.51. The van der Waals surface area contributed by atoms with Gasteiger partial charge < -0.3 is 9.52 Å². The highest BCUT2D eigenvalue weighted by Gasteiger charge is 2.23. The van der Waals surface area contributed by atoms with E-state index in [-0.39, 0.29) is 5.69 Å². The SMILES string of the molecule is CC(C)Cn1nnc(C(=O)O)c1-c1ccc(Br)o1. The molecule has 0 aromatic carbocycles. The maximum Gasteiger partial charge on any atom is 0.358 e. The van der Waals surface area contributed by atoms with Crippen molar-refractivity contribution in [3.05, 3.63) is 22.5 Å². The maximum absolute atomic E-state index is 11.1. The molecule has 0 saturated carbocycles. The van der Waals surface area contributed by atoms with Gasteiger partial charge in [-0.05, 0) is 34.0 Å². The summed E-state index contributed by atoms with van der Waals surface area (Å²) in [5.74, 6) is -0.358. The fraction of sp³-hybridized carbons (Fsp3) is 0.364. The fourth-order valence-corrected chi connectivity index (χ4v) is 1.92. The van der Waals surface area contributed by atoms with E-state index in [2.05, 4.69) is 26.2 Å².